The molecule has 0 aromatic heterocycles. The van der Waals surface area contributed by atoms with E-state index in [2.05, 4.69) is 5.32 Å². The second kappa shape index (κ2) is 6.00. The molecule has 2 rings (SSSR count). The summed E-state index contributed by atoms with van der Waals surface area (Å²) in [5, 5.41) is 22.5. The van der Waals surface area contributed by atoms with E-state index in [0.717, 1.165) is 18.2 Å². The van der Waals surface area contributed by atoms with Crippen LogP contribution in [0, 0.1) is 15.9 Å². The van der Waals surface area contributed by atoms with Crippen molar-refractivity contribution in [2.24, 2.45) is 0 Å². The Bertz CT molecular complexity index is 703. The van der Waals surface area contributed by atoms with Crippen LogP contribution < -0.4 is 5.32 Å². The number of aromatic hydroxyl groups is 1. The number of carbonyl (C=O) groups excluding carboxylic acids is 1. The van der Waals surface area contributed by atoms with Crippen LogP contribution in [-0.2, 0) is 11.2 Å². The van der Waals surface area contributed by atoms with E-state index in [9.17, 15) is 24.4 Å². The Hall–Kier alpha value is -2.96. The molecule has 0 unspecified atom stereocenters. The number of nitro groups is 1. The molecule has 0 saturated heterocycles. The third-order valence-corrected chi connectivity index (χ3v) is 2.77. The van der Waals surface area contributed by atoms with Gasteiger partial charge >= 0.3 is 0 Å². The van der Waals surface area contributed by atoms with E-state index in [1.165, 1.54) is 18.2 Å². The summed E-state index contributed by atoms with van der Waals surface area (Å²) < 4.78 is 13.4. The third kappa shape index (κ3) is 3.53. The zero-order valence-corrected chi connectivity index (χ0v) is 10.7. The minimum Gasteiger partial charge on any atom is -0.506 e. The fourth-order valence-electron chi connectivity index (χ4n) is 1.75. The highest BCUT2D eigenvalue weighted by Crippen LogP contribution is 2.27. The van der Waals surface area contributed by atoms with Crippen LogP contribution in [0.15, 0.2) is 42.5 Å². The minimum absolute atomic E-state index is 0.0921. The summed E-state index contributed by atoms with van der Waals surface area (Å²) in [5.41, 5.74) is -0.167. The zero-order valence-electron chi connectivity index (χ0n) is 10.7. The number of carbonyl (C=O) groups is 1. The van der Waals surface area contributed by atoms with Gasteiger partial charge in [0.15, 0.2) is 0 Å². The Balaban J connectivity index is 2.15. The average Bonchev–Trinajstić information content (AvgIpc) is 2.43. The van der Waals surface area contributed by atoms with Crippen molar-refractivity contribution < 1.29 is 19.2 Å². The van der Waals surface area contributed by atoms with Gasteiger partial charge in [-0.2, -0.15) is 0 Å². The lowest BCUT2D eigenvalue weighted by Crippen LogP contribution is -2.15. The predicted molar refractivity (Wildman–Crippen MR) is 73.5 cm³/mol. The Kier molecular flexibility index (Phi) is 4.13. The quantitative estimate of drug-likeness (QED) is 0.514. The van der Waals surface area contributed by atoms with Crippen molar-refractivity contribution in [1.29, 1.82) is 0 Å². The molecule has 0 fully saturated rings. The van der Waals surface area contributed by atoms with Crippen LogP contribution in [-0.4, -0.2) is 15.9 Å². The highest BCUT2D eigenvalue weighted by molar-refractivity contribution is 5.94. The predicted octanol–water partition coefficient (Wildman–Crippen LogP) is 2.62. The van der Waals surface area contributed by atoms with Gasteiger partial charge in [-0.05, 0) is 17.7 Å². The van der Waals surface area contributed by atoms with Crippen LogP contribution in [0.3, 0.4) is 0 Å². The van der Waals surface area contributed by atoms with Gasteiger partial charge < -0.3 is 10.4 Å². The van der Waals surface area contributed by atoms with Crippen LogP contribution in [0.5, 0.6) is 5.75 Å². The van der Waals surface area contributed by atoms with Gasteiger partial charge in [-0.25, -0.2) is 4.39 Å². The van der Waals surface area contributed by atoms with Gasteiger partial charge in [-0.3, -0.25) is 14.9 Å². The number of rotatable bonds is 4. The highest BCUT2D eigenvalue weighted by atomic mass is 19.1. The summed E-state index contributed by atoms with van der Waals surface area (Å²) in [5.74, 6) is -1.41. The van der Waals surface area contributed by atoms with Crippen LogP contribution >= 0.6 is 0 Å². The Morgan fingerprint density at radius 3 is 2.67 bits per heavy atom. The maximum Gasteiger partial charge on any atom is 0.271 e. The first-order valence-electron chi connectivity index (χ1n) is 5.98. The van der Waals surface area contributed by atoms with E-state index in [1.54, 1.807) is 6.07 Å². The van der Waals surface area contributed by atoms with Crippen molar-refractivity contribution in [3.05, 3.63) is 64.0 Å². The number of anilines is 1. The van der Waals surface area contributed by atoms with E-state index in [0.29, 0.717) is 0 Å². The summed E-state index contributed by atoms with van der Waals surface area (Å²) in [7, 11) is 0. The van der Waals surface area contributed by atoms with Crippen LogP contribution in [0.2, 0.25) is 0 Å². The van der Waals surface area contributed by atoms with E-state index in [4.69, 9.17) is 0 Å². The van der Waals surface area contributed by atoms with Gasteiger partial charge in [0.25, 0.3) is 5.69 Å². The van der Waals surface area contributed by atoms with Crippen molar-refractivity contribution in [2.75, 3.05) is 5.32 Å². The molecule has 108 valence electrons. The largest absolute Gasteiger partial charge is 0.506 e. The number of nitrogens with one attached hydrogen (secondary N) is 1. The average molecular weight is 290 g/mol. The number of nitro benzene ring substituents is 1. The molecule has 1 amide bonds. The van der Waals surface area contributed by atoms with Crippen LogP contribution in [0.25, 0.3) is 0 Å². The molecule has 6 nitrogen and oxygen atoms in total. The van der Waals surface area contributed by atoms with Crippen molar-refractivity contribution in [1.82, 2.24) is 0 Å². The lowest BCUT2D eigenvalue weighted by Gasteiger charge is -2.07. The van der Waals surface area contributed by atoms with Crippen molar-refractivity contribution >= 4 is 17.3 Å². The molecule has 21 heavy (non-hydrogen) atoms. The molecule has 2 aromatic carbocycles. The molecule has 0 heterocycles. The number of phenols is 1. The summed E-state index contributed by atoms with van der Waals surface area (Å²) in [6, 6.07) is 9.04. The molecule has 0 aliphatic heterocycles. The molecule has 2 N–H and O–H groups in total. The monoisotopic (exact) mass is 290 g/mol. The molecule has 0 aliphatic carbocycles. The number of nitrogens with zero attached hydrogens (tertiary/aromatic N) is 1. The van der Waals surface area contributed by atoms with E-state index in [1.807, 2.05) is 0 Å². The molecule has 7 heteroatoms. The van der Waals surface area contributed by atoms with E-state index < -0.39 is 16.6 Å². The molecule has 0 saturated carbocycles. The SMILES string of the molecule is O=C(Cc1ccccc1F)Nc1cc([N+](=O)[O-])ccc1O. The number of amides is 1. The lowest BCUT2D eigenvalue weighted by molar-refractivity contribution is -0.384. The summed E-state index contributed by atoms with van der Waals surface area (Å²) in [4.78, 5) is 21.8. The fraction of sp³-hybridized carbons (Fsp3) is 0.0714. The molecule has 0 spiro atoms. The van der Waals surface area contributed by atoms with E-state index in [-0.39, 0.29) is 29.1 Å². The first-order valence-corrected chi connectivity index (χ1v) is 5.98. The Labute approximate surface area is 119 Å². The summed E-state index contributed by atoms with van der Waals surface area (Å²) in [6.45, 7) is 0. The van der Waals surface area contributed by atoms with Crippen molar-refractivity contribution in [3.63, 3.8) is 0 Å². The molecule has 2 aromatic rings. The molecule has 0 atom stereocenters. The van der Waals surface area contributed by atoms with Gasteiger partial charge in [0, 0.05) is 12.1 Å². The normalized spacial score (nSPS) is 10.1. The Morgan fingerprint density at radius 2 is 2.00 bits per heavy atom. The number of halogens is 1. The molecule has 0 aliphatic rings. The second-order valence-corrected chi connectivity index (χ2v) is 4.27. The van der Waals surface area contributed by atoms with Crippen molar-refractivity contribution in [2.45, 2.75) is 6.42 Å². The van der Waals surface area contributed by atoms with Crippen LogP contribution in [0.1, 0.15) is 5.56 Å². The summed E-state index contributed by atoms with van der Waals surface area (Å²) >= 11 is 0. The maximum atomic E-state index is 13.4. The fourth-order valence-corrected chi connectivity index (χ4v) is 1.75. The van der Waals surface area contributed by atoms with Gasteiger partial charge in [0.05, 0.1) is 17.0 Å². The molecular formula is C14H11FN2O4. The van der Waals surface area contributed by atoms with Gasteiger partial charge in [-0.15, -0.1) is 0 Å². The zero-order chi connectivity index (χ0) is 15.4. The minimum atomic E-state index is -0.647. The maximum absolute atomic E-state index is 13.4. The third-order valence-electron chi connectivity index (χ3n) is 2.77. The van der Waals surface area contributed by atoms with Crippen molar-refractivity contribution in [3.8, 4) is 5.75 Å². The van der Waals surface area contributed by atoms with Crippen LogP contribution in [0.4, 0.5) is 15.8 Å². The molecule has 0 bridgehead atoms. The topological polar surface area (TPSA) is 92.5 Å². The van der Waals surface area contributed by atoms with Gasteiger partial charge in [0.2, 0.25) is 5.91 Å². The lowest BCUT2D eigenvalue weighted by atomic mass is 10.1. The Morgan fingerprint density at radius 1 is 1.29 bits per heavy atom. The number of hydrogen-bond donors (Lipinski definition) is 2. The van der Waals surface area contributed by atoms with E-state index >= 15 is 0 Å². The first kappa shape index (κ1) is 14.4. The van der Waals surface area contributed by atoms with Gasteiger partial charge in [-0.1, -0.05) is 18.2 Å². The number of non-ortho nitro benzene ring substituents is 1. The number of phenolic OH excluding ortho intramolecular Hbond substituents is 1. The smallest absolute Gasteiger partial charge is 0.271 e. The standard InChI is InChI=1S/C14H11FN2O4/c15-11-4-2-1-3-9(11)7-14(19)16-12-8-10(17(20)21)5-6-13(12)18/h1-6,8,18H,7H2,(H,16,19). The molecular weight excluding hydrogens is 279 g/mol. The number of benzene rings is 2. The van der Waals surface area contributed by atoms with Gasteiger partial charge in [0.1, 0.15) is 11.6 Å². The summed E-state index contributed by atoms with van der Waals surface area (Å²) in [6.07, 6.45) is -0.241. The highest BCUT2D eigenvalue weighted by Gasteiger charge is 2.14. The molecule has 0 radical (unpaired) electrons. The first-order chi connectivity index (χ1) is 9.97. The second-order valence-electron chi connectivity index (χ2n) is 4.27. The number of hydrogen-bond acceptors (Lipinski definition) is 4.